The SMILES string of the molecule is CCCCc1nc(-c2ccccn2)ncc1OC. The minimum Gasteiger partial charge on any atom is -0.493 e. The molecule has 0 atom stereocenters. The van der Waals surface area contributed by atoms with Gasteiger partial charge in [-0.15, -0.1) is 0 Å². The molecule has 2 rings (SSSR count). The van der Waals surface area contributed by atoms with Crippen molar-refractivity contribution in [2.24, 2.45) is 0 Å². The summed E-state index contributed by atoms with van der Waals surface area (Å²) < 4.78 is 5.29. The van der Waals surface area contributed by atoms with E-state index < -0.39 is 0 Å². The first-order valence-electron chi connectivity index (χ1n) is 6.16. The number of pyridine rings is 1. The molecule has 2 heterocycles. The minimum absolute atomic E-state index is 0.655. The molecular formula is C14H17N3O. The van der Waals surface area contributed by atoms with Crippen LogP contribution in [0.25, 0.3) is 11.5 Å². The molecule has 4 heteroatoms. The van der Waals surface area contributed by atoms with Crippen molar-refractivity contribution < 1.29 is 4.74 Å². The normalized spacial score (nSPS) is 10.3. The van der Waals surface area contributed by atoms with Crippen molar-refractivity contribution in [1.29, 1.82) is 0 Å². The molecular weight excluding hydrogens is 226 g/mol. The van der Waals surface area contributed by atoms with E-state index in [9.17, 15) is 0 Å². The van der Waals surface area contributed by atoms with Crippen LogP contribution in [0.15, 0.2) is 30.6 Å². The van der Waals surface area contributed by atoms with Crippen molar-refractivity contribution in [2.45, 2.75) is 26.2 Å². The zero-order valence-corrected chi connectivity index (χ0v) is 10.8. The standard InChI is InChI=1S/C14H17N3O/c1-3-4-7-11-13(18-2)10-16-14(17-11)12-8-5-6-9-15-12/h5-6,8-10H,3-4,7H2,1-2H3. The van der Waals surface area contributed by atoms with E-state index in [1.165, 1.54) is 0 Å². The Morgan fingerprint density at radius 1 is 1.22 bits per heavy atom. The smallest absolute Gasteiger partial charge is 0.178 e. The maximum Gasteiger partial charge on any atom is 0.178 e. The fraction of sp³-hybridized carbons (Fsp3) is 0.357. The van der Waals surface area contributed by atoms with Gasteiger partial charge in [0.05, 0.1) is 19.0 Å². The Morgan fingerprint density at radius 2 is 2.11 bits per heavy atom. The molecule has 18 heavy (non-hydrogen) atoms. The van der Waals surface area contributed by atoms with Crippen LogP contribution >= 0.6 is 0 Å². The first-order chi connectivity index (χ1) is 8.85. The summed E-state index contributed by atoms with van der Waals surface area (Å²) in [4.78, 5) is 13.1. The van der Waals surface area contributed by atoms with Gasteiger partial charge in [-0.25, -0.2) is 9.97 Å². The first-order valence-corrected chi connectivity index (χ1v) is 6.16. The van der Waals surface area contributed by atoms with Crippen LogP contribution in [0.2, 0.25) is 0 Å². The largest absolute Gasteiger partial charge is 0.493 e. The van der Waals surface area contributed by atoms with Crippen LogP contribution in [-0.4, -0.2) is 22.1 Å². The number of aryl methyl sites for hydroxylation is 1. The van der Waals surface area contributed by atoms with Gasteiger partial charge in [0.25, 0.3) is 0 Å². The predicted molar refractivity (Wildman–Crippen MR) is 70.4 cm³/mol. The Hall–Kier alpha value is -1.97. The van der Waals surface area contributed by atoms with Crippen molar-refractivity contribution in [1.82, 2.24) is 15.0 Å². The molecule has 0 aromatic carbocycles. The molecule has 0 spiro atoms. The van der Waals surface area contributed by atoms with Crippen molar-refractivity contribution in [3.63, 3.8) is 0 Å². The molecule has 0 fully saturated rings. The summed E-state index contributed by atoms with van der Waals surface area (Å²) >= 11 is 0. The van der Waals surface area contributed by atoms with Gasteiger partial charge in [-0.1, -0.05) is 19.4 Å². The molecule has 0 saturated heterocycles. The molecule has 0 unspecified atom stereocenters. The lowest BCUT2D eigenvalue weighted by Gasteiger charge is -2.08. The summed E-state index contributed by atoms with van der Waals surface area (Å²) in [5, 5.41) is 0. The Labute approximate surface area is 107 Å². The van der Waals surface area contributed by atoms with Crippen molar-refractivity contribution >= 4 is 0 Å². The molecule has 0 saturated carbocycles. The highest BCUT2D eigenvalue weighted by atomic mass is 16.5. The highest BCUT2D eigenvalue weighted by molar-refractivity contribution is 5.49. The highest BCUT2D eigenvalue weighted by Gasteiger charge is 2.09. The van der Waals surface area contributed by atoms with Gasteiger partial charge >= 0.3 is 0 Å². The summed E-state index contributed by atoms with van der Waals surface area (Å²) in [6.07, 6.45) is 6.60. The fourth-order valence-electron chi connectivity index (χ4n) is 1.72. The molecule has 0 N–H and O–H groups in total. The van der Waals surface area contributed by atoms with E-state index in [1.807, 2.05) is 18.2 Å². The maximum atomic E-state index is 5.29. The van der Waals surface area contributed by atoms with Gasteiger partial charge in [0.15, 0.2) is 11.6 Å². The zero-order valence-electron chi connectivity index (χ0n) is 10.8. The van der Waals surface area contributed by atoms with Crippen LogP contribution in [0.4, 0.5) is 0 Å². The Morgan fingerprint density at radius 3 is 2.78 bits per heavy atom. The molecule has 0 radical (unpaired) electrons. The second kappa shape index (κ2) is 6.10. The lowest BCUT2D eigenvalue weighted by atomic mass is 10.2. The van der Waals surface area contributed by atoms with E-state index in [4.69, 9.17) is 4.74 Å². The number of hydrogen-bond acceptors (Lipinski definition) is 4. The Kier molecular flexibility index (Phi) is 4.23. The first kappa shape index (κ1) is 12.5. The van der Waals surface area contributed by atoms with E-state index in [0.29, 0.717) is 5.82 Å². The van der Waals surface area contributed by atoms with Gasteiger partial charge in [0, 0.05) is 6.20 Å². The lowest BCUT2D eigenvalue weighted by molar-refractivity contribution is 0.404. The second-order valence-electron chi connectivity index (χ2n) is 4.03. The number of unbranched alkanes of at least 4 members (excludes halogenated alkanes) is 1. The van der Waals surface area contributed by atoms with E-state index >= 15 is 0 Å². The molecule has 2 aromatic heterocycles. The molecule has 0 aliphatic rings. The summed E-state index contributed by atoms with van der Waals surface area (Å²) in [6, 6.07) is 5.72. The molecule has 0 aliphatic carbocycles. The number of aromatic nitrogens is 3. The second-order valence-corrected chi connectivity index (χ2v) is 4.03. The molecule has 94 valence electrons. The number of methoxy groups -OCH3 is 1. The van der Waals surface area contributed by atoms with Crippen LogP contribution in [0.5, 0.6) is 5.75 Å². The summed E-state index contributed by atoms with van der Waals surface area (Å²) in [5.41, 5.74) is 1.74. The maximum absolute atomic E-state index is 5.29. The molecule has 0 bridgehead atoms. The lowest BCUT2D eigenvalue weighted by Crippen LogP contribution is -2.00. The van der Waals surface area contributed by atoms with E-state index in [-0.39, 0.29) is 0 Å². The average Bonchev–Trinajstić information content (AvgIpc) is 2.45. The molecule has 4 nitrogen and oxygen atoms in total. The van der Waals surface area contributed by atoms with Gasteiger partial charge < -0.3 is 4.74 Å². The van der Waals surface area contributed by atoms with Gasteiger partial charge in [-0.3, -0.25) is 4.98 Å². The van der Waals surface area contributed by atoms with Crippen molar-refractivity contribution in [3.8, 4) is 17.3 Å². The zero-order chi connectivity index (χ0) is 12.8. The predicted octanol–water partition coefficient (Wildman–Crippen LogP) is 2.89. The van der Waals surface area contributed by atoms with Gasteiger partial charge in [0.1, 0.15) is 5.69 Å². The van der Waals surface area contributed by atoms with Gasteiger partial charge in [-0.05, 0) is 25.0 Å². The number of rotatable bonds is 5. The summed E-state index contributed by atoms with van der Waals surface area (Å²) in [6.45, 7) is 2.16. The highest BCUT2D eigenvalue weighted by Crippen LogP contribution is 2.20. The number of ether oxygens (including phenoxy) is 1. The summed E-state index contributed by atoms with van der Waals surface area (Å²) in [5.74, 6) is 1.41. The van der Waals surface area contributed by atoms with E-state index in [1.54, 1.807) is 19.5 Å². The van der Waals surface area contributed by atoms with Gasteiger partial charge in [0.2, 0.25) is 0 Å². The molecule has 0 amide bonds. The van der Waals surface area contributed by atoms with Gasteiger partial charge in [-0.2, -0.15) is 0 Å². The number of hydrogen-bond donors (Lipinski definition) is 0. The average molecular weight is 243 g/mol. The third-order valence-electron chi connectivity index (χ3n) is 2.71. The number of nitrogens with zero attached hydrogens (tertiary/aromatic N) is 3. The van der Waals surface area contributed by atoms with Crippen LogP contribution in [0.3, 0.4) is 0 Å². The van der Waals surface area contributed by atoms with E-state index in [2.05, 4.69) is 21.9 Å². The minimum atomic E-state index is 0.655. The monoisotopic (exact) mass is 243 g/mol. The molecule has 2 aromatic rings. The van der Waals surface area contributed by atoms with Crippen LogP contribution < -0.4 is 4.74 Å². The van der Waals surface area contributed by atoms with Crippen LogP contribution in [0.1, 0.15) is 25.5 Å². The summed E-state index contributed by atoms with van der Waals surface area (Å²) in [7, 11) is 1.65. The third kappa shape index (κ3) is 2.83. The Bertz CT molecular complexity index is 500. The van der Waals surface area contributed by atoms with Crippen molar-refractivity contribution in [3.05, 3.63) is 36.3 Å². The van der Waals surface area contributed by atoms with Crippen molar-refractivity contribution in [2.75, 3.05) is 7.11 Å². The third-order valence-corrected chi connectivity index (χ3v) is 2.71. The molecule has 0 aliphatic heterocycles. The fourth-order valence-corrected chi connectivity index (χ4v) is 1.72. The van der Waals surface area contributed by atoms with Crippen LogP contribution in [0, 0.1) is 0 Å². The topological polar surface area (TPSA) is 47.9 Å². The van der Waals surface area contributed by atoms with Crippen LogP contribution in [-0.2, 0) is 6.42 Å². The Balaban J connectivity index is 2.33. The quantitative estimate of drug-likeness (QED) is 0.810. The van der Waals surface area contributed by atoms with E-state index in [0.717, 1.165) is 36.4 Å².